The molecule has 4 unspecified atom stereocenters. The van der Waals surface area contributed by atoms with E-state index in [4.69, 9.17) is 11.5 Å². The third-order valence-electron chi connectivity index (χ3n) is 5.90. The highest BCUT2D eigenvalue weighted by Gasteiger charge is 2.31. The van der Waals surface area contributed by atoms with Crippen molar-refractivity contribution in [2.24, 2.45) is 11.5 Å². The van der Waals surface area contributed by atoms with Gasteiger partial charge in [-0.15, -0.1) is 0 Å². The number of nitrogens with two attached hydrogens (primary N) is 2. The smallest absolute Gasteiger partial charge is 0.326 e. The minimum atomic E-state index is -1.59. The average molecular weight is 559 g/mol. The van der Waals surface area contributed by atoms with E-state index in [1.54, 1.807) is 6.20 Å². The number of amides is 4. The normalized spacial score (nSPS) is 14.1. The van der Waals surface area contributed by atoms with Crippen molar-refractivity contribution in [1.82, 2.24) is 30.9 Å². The number of rotatable bonds is 14. The number of aromatic nitrogens is 3. The summed E-state index contributed by atoms with van der Waals surface area (Å²) in [5.74, 6) is -4.82. The van der Waals surface area contributed by atoms with Crippen LogP contribution >= 0.6 is 12.6 Å². The maximum absolute atomic E-state index is 13.4. The number of benzene rings is 1. The molecule has 0 bridgehead atoms. The van der Waals surface area contributed by atoms with Crippen LogP contribution in [0.25, 0.3) is 10.9 Å². The van der Waals surface area contributed by atoms with Gasteiger partial charge in [0.25, 0.3) is 0 Å². The number of nitrogens with zero attached hydrogens (tertiary/aromatic N) is 1. The Kier molecular flexibility index (Phi) is 10.1. The van der Waals surface area contributed by atoms with Crippen LogP contribution in [-0.2, 0) is 36.8 Å². The van der Waals surface area contributed by atoms with Gasteiger partial charge < -0.3 is 42.5 Å². The Morgan fingerprint density at radius 1 is 0.949 bits per heavy atom. The van der Waals surface area contributed by atoms with Crippen LogP contribution in [0.5, 0.6) is 0 Å². The summed E-state index contributed by atoms with van der Waals surface area (Å²) in [6.07, 6.45) is 4.26. The number of fused-ring (bicyclic) bond motifs is 1. The standard InChI is InChI=1S/C24H30N8O6S/c25-15(6-13-9-27-11-29-13)21(34)30-17(5-12-8-28-16-4-2-1-3-14(12)16)22(35)32-19(10-39)23(36)31-18(24(37)38)7-20(26)33/h1-4,8-9,11,15,17-19,28,39H,5-7,10,25H2,(H2,26,33)(H,27,29)(H,30,34)(H,31,36)(H,32,35)(H,37,38). The molecule has 2 aromatic heterocycles. The number of hydrogen-bond acceptors (Lipinski definition) is 8. The van der Waals surface area contributed by atoms with Crippen LogP contribution in [0, 0.1) is 0 Å². The Balaban J connectivity index is 1.77. The summed E-state index contributed by atoms with van der Waals surface area (Å²) >= 11 is 4.10. The molecule has 4 amide bonds. The predicted octanol–water partition coefficient (Wildman–Crippen LogP) is -1.65. The van der Waals surface area contributed by atoms with Crippen molar-refractivity contribution in [2.75, 3.05) is 5.75 Å². The van der Waals surface area contributed by atoms with Gasteiger partial charge in [-0.1, -0.05) is 18.2 Å². The van der Waals surface area contributed by atoms with Gasteiger partial charge in [0.05, 0.1) is 18.8 Å². The lowest BCUT2D eigenvalue weighted by molar-refractivity contribution is -0.143. The minimum Gasteiger partial charge on any atom is -0.480 e. The molecule has 0 radical (unpaired) electrons. The molecule has 15 heteroatoms. The van der Waals surface area contributed by atoms with Crippen LogP contribution in [-0.4, -0.2) is 79.6 Å². The molecule has 0 aliphatic carbocycles. The number of para-hydroxylation sites is 1. The number of nitrogens with one attached hydrogen (secondary N) is 5. The predicted molar refractivity (Wildman–Crippen MR) is 143 cm³/mol. The van der Waals surface area contributed by atoms with Crippen molar-refractivity contribution in [3.8, 4) is 0 Å². The summed E-state index contributed by atoms with van der Waals surface area (Å²) < 4.78 is 0. The molecule has 0 saturated carbocycles. The third-order valence-corrected chi connectivity index (χ3v) is 6.26. The van der Waals surface area contributed by atoms with Crippen LogP contribution < -0.4 is 27.4 Å². The van der Waals surface area contributed by atoms with Gasteiger partial charge in [0, 0.05) is 47.6 Å². The average Bonchev–Trinajstić information content (AvgIpc) is 3.55. The van der Waals surface area contributed by atoms with Crippen LogP contribution in [0.3, 0.4) is 0 Å². The maximum atomic E-state index is 13.4. The van der Waals surface area contributed by atoms with Crippen LogP contribution in [0.4, 0.5) is 0 Å². The van der Waals surface area contributed by atoms with E-state index in [2.05, 4.69) is 43.5 Å². The van der Waals surface area contributed by atoms with Crippen molar-refractivity contribution >= 4 is 53.1 Å². The van der Waals surface area contributed by atoms with Gasteiger partial charge in [-0.05, 0) is 11.6 Å². The topological polar surface area (TPSA) is 238 Å². The minimum absolute atomic E-state index is 0.0543. The summed E-state index contributed by atoms with van der Waals surface area (Å²) in [7, 11) is 0. The molecule has 0 fully saturated rings. The Hall–Kier alpha value is -4.37. The van der Waals surface area contributed by atoms with Gasteiger partial charge in [0.15, 0.2) is 0 Å². The van der Waals surface area contributed by atoms with E-state index < -0.39 is 60.2 Å². The quantitative estimate of drug-likeness (QED) is 0.104. The number of aliphatic carboxylic acids is 1. The first kappa shape index (κ1) is 29.2. The molecular weight excluding hydrogens is 528 g/mol. The lowest BCUT2D eigenvalue weighted by Crippen LogP contribution is -2.58. The monoisotopic (exact) mass is 558 g/mol. The Morgan fingerprint density at radius 2 is 1.62 bits per heavy atom. The summed E-state index contributed by atoms with van der Waals surface area (Å²) in [6, 6.07) is 2.38. The molecule has 3 rings (SSSR count). The van der Waals surface area contributed by atoms with Gasteiger partial charge in [-0.3, -0.25) is 19.2 Å². The molecule has 4 atom stereocenters. The Bertz CT molecular complexity index is 1330. The number of carboxylic acids is 1. The lowest BCUT2D eigenvalue weighted by atomic mass is 10.0. The molecule has 208 valence electrons. The highest BCUT2D eigenvalue weighted by Crippen LogP contribution is 2.19. The van der Waals surface area contributed by atoms with Crippen molar-refractivity contribution in [1.29, 1.82) is 0 Å². The van der Waals surface area contributed by atoms with Crippen molar-refractivity contribution in [3.05, 3.63) is 54.2 Å². The first-order valence-corrected chi connectivity index (χ1v) is 12.5. The zero-order valence-electron chi connectivity index (χ0n) is 20.7. The maximum Gasteiger partial charge on any atom is 0.326 e. The lowest BCUT2D eigenvalue weighted by Gasteiger charge is -2.24. The molecule has 0 spiro atoms. The van der Waals surface area contributed by atoms with Gasteiger partial charge in [0.2, 0.25) is 23.6 Å². The molecule has 0 aliphatic rings. The molecule has 2 heterocycles. The Labute approximate surface area is 228 Å². The van der Waals surface area contributed by atoms with Crippen LogP contribution in [0.2, 0.25) is 0 Å². The van der Waals surface area contributed by atoms with E-state index in [0.29, 0.717) is 5.69 Å². The summed E-state index contributed by atoms with van der Waals surface area (Å²) in [4.78, 5) is 71.4. The van der Waals surface area contributed by atoms with E-state index >= 15 is 0 Å². The molecule has 39 heavy (non-hydrogen) atoms. The van der Waals surface area contributed by atoms with E-state index in [-0.39, 0.29) is 18.6 Å². The second kappa shape index (κ2) is 13.4. The fourth-order valence-corrected chi connectivity index (χ4v) is 4.13. The van der Waals surface area contributed by atoms with Gasteiger partial charge >= 0.3 is 5.97 Å². The second-order valence-corrected chi connectivity index (χ2v) is 9.19. The number of carbonyl (C=O) groups is 5. The molecule has 10 N–H and O–H groups in total. The fourth-order valence-electron chi connectivity index (χ4n) is 3.87. The first-order chi connectivity index (χ1) is 18.6. The van der Waals surface area contributed by atoms with Crippen molar-refractivity contribution < 1.29 is 29.1 Å². The van der Waals surface area contributed by atoms with E-state index in [1.807, 2.05) is 24.3 Å². The number of hydrogen-bond donors (Lipinski definition) is 9. The molecule has 3 aromatic rings. The largest absolute Gasteiger partial charge is 0.480 e. The highest BCUT2D eigenvalue weighted by molar-refractivity contribution is 7.80. The van der Waals surface area contributed by atoms with E-state index in [1.165, 1.54) is 12.5 Å². The third kappa shape index (κ3) is 8.05. The van der Waals surface area contributed by atoms with Gasteiger partial charge in [-0.2, -0.15) is 12.6 Å². The molecular formula is C24H30N8O6S. The zero-order chi connectivity index (χ0) is 28.5. The number of primary amides is 1. The Morgan fingerprint density at radius 3 is 2.26 bits per heavy atom. The fraction of sp³-hybridized carbons (Fsp3) is 0.333. The number of imidazole rings is 1. The van der Waals surface area contributed by atoms with Gasteiger partial charge in [0.1, 0.15) is 18.1 Å². The van der Waals surface area contributed by atoms with Crippen molar-refractivity contribution in [3.63, 3.8) is 0 Å². The van der Waals surface area contributed by atoms with Crippen LogP contribution in [0.1, 0.15) is 17.7 Å². The summed E-state index contributed by atoms with van der Waals surface area (Å²) in [5.41, 5.74) is 13.3. The zero-order valence-corrected chi connectivity index (χ0v) is 21.6. The molecule has 0 saturated heterocycles. The van der Waals surface area contributed by atoms with E-state index in [0.717, 1.165) is 16.5 Å². The number of carbonyl (C=O) groups excluding carboxylic acids is 4. The van der Waals surface area contributed by atoms with Gasteiger partial charge in [-0.25, -0.2) is 9.78 Å². The number of H-pyrrole nitrogens is 2. The van der Waals surface area contributed by atoms with Crippen LogP contribution in [0.15, 0.2) is 43.0 Å². The number of carboxylic acid groups (broad SMARTS) is 1. The first-order valence-electron chi connectivity index (χ1n) is 11.9. The van der Waals surface area contributed by atoms with E-state index in [9.17, 15) is 29.1 Å². The SMILES string of the molecule is NC(=O)CC(NC(=O)C(CS)NC(=O)C(Cc1c[nH]c2ccccc12)NC(=O)C(N)Cc1cnc[nH]1)C(=O)O. The number of thiol groups is 1. The number of aromatic amines is 2. The highest BCUT2D eigenvalue weighted by atomic mass is 32.1. The second-order valence-electron chi connectivity index (χ2n) is 8.83. The van der Waals surface area contributed by atoms with Crippen molar-refractivity contribution in [2.45, 2.75) is 43.4 Å². The summed E-state index contributed by atoms with van der Waals surface area (Å²) in [5, 5.41) is 17.4. The molecule has 14 nitrogen and oxygen atoms in total. The summed E-state index contributed by atoms with van der Waals surface area (Å²) in [6.45, 7) is 0. The molecule has 0 aliphatic heterocycles. The molecule has 1 aromatic carbocycles.